The number of anilines is 1. The molecule has 3 rings (SSSR count). The van der Waals surface area contributed by atoms with Crippen LogP contribution in [0.25, 0.3) is 11.3 Å². The fraction of sp³-hybridized carbons (Fsp3) is 0.348. The molecular weight excluding hydrogens is 378 g/mol. The summed E-state index contributed by atoms with van der Waals surface area (Å²) in [6.07, 6.45) is 0. The third-order valence-electron chi connectivity index (χ3n) is 4.88. The summed E-state index contributed by atoms with van der Waals surface area (Å²) in [5.41, 5.74) is 4.43. The molecule has 0 spiro atoms. The molecule has 0 atom stereocenters. The molecule has 152 valence electrons. The van der Waals surface area contributed by atoms with Gasteiger partial charge in [-0.25, -0.2) is 4.57 Å². The molecule has 0 bridgehead atoms. The summed E-state index contributed by atoms with van der Waals surface area (Å²) in [5, 5.41) is 11.9. The fourth-order valence-electron chi connectivity index (χ4n) is 3.05. The molecule has 5 nitrogen and oxygen atoms in total. The lowest BCUT2D eigenvalue weighted by atomic mass is 10.2. The maximum absolute atomic E-state index is 4.48. The quantitative estimate of drug-likeness (QED) is 0.286. The van der Waals surface area contributed by atoms with Gasteiger partial charge in [0.2, 0.25) is 0 Å². The maximum Gasteiger partial charge on any atom is 0.408 e. The van der Waals surface area contributed by atoms with E-state index in [0.717, 1.165) is 40.6 Å². The number of benzene rings is 2. The van der Waals surface area contributed by atoms with Crippen molar-refractivity contribution in [3.05, 3.63) is 60.0 Å². The van der Waals surface area contributed by atoms with Gasteiger partial charge in [0.1, 0.15) is 11.4 Å². The van der Waals surface area contributed by atoms with Crippen LogP contribution in [0.15, 0.2) is 70.2 Å². The number of aromatic nitrogens is 1. The van der Waals surface area contributed by atoms with Crippen LogP contribution in [-0.4, -0.2) is 45.3 Å². The second kappa shape index (κ2) is 9.29. The molecular formula is C23H31N5S+2. The molecule has 0 amide bonds. The first-order chi connectivity index (χ1) is 13.9. The highest BCUT2D eigenvalue weighted by Gasteiger charge is 2.16. The van der Waals surface area contributed by atoms with Gasteiger partial charge in [0.25, 0.3) is 0 Å². The molecule has 2 aromatic carbocycles. The van der Waals surface area contributed by atoms with Gasteiger partial charge in [-0.05, 0) is 47.6 Å². The molecule has 0 saturated carbocycles. The van der Waals surface area contributed by atoms with Crippen molar-refractivity contribution in [1.82, 2.24) is 0 Å². The molecule has 6 heteroatoms. The highest BCUT2D eigenvalue weighted by Crippen LogP contribution is 2.26. The molecule has 0 radical (unpaired) electrons. The first kappa shape index (κ1) is 21.1. The number of hydrogen-bond acceptors (Lipinski definition) is 4. The van der Waals surface area contributed by atoms with Crippen LogP contribution >= 0.6 is 11.3 Å². The normalized spacial score (nSPS) is 11.9. The Hall–Kier alpha value is -2.57. The van der Waals surface area contributed by atoms with E-state index in [1.807, 2.05) is 25.2 Å². The first-order valence-corrected chi connectivity index (χ1v) is 10.9. The van der Waals surface area contributed by atoms with Gasteiger partial charge in [-0.3, -0.25) is 0 Å². The minimum absolute atomic E-state index is 0.867. The number of nitrogens with zero attached hydrogens (tertiary/aromatic N) is 5. The Balaban J connectivity index is 1.70. The average Bonchev–Trinajstić information content (AvgIpc) is 3.08. The van der Waals surface area contributed by atoms with E-state index in [4.69, 9.17) is 0 Å². The van der Waals surface area contributed by atoms with Crippen molar-refractivity contribution in [3.63, 3.8) is 0 Å². The molecule has 0 aliphatic carbocycles. The van der Waals surface area contributed by atoms with Crippen LogP contribution in [0.3, 0.4) is 0 Å². The van der Waals surface area contributed by atoms with E-state index in [0.29, 0.717) is 0 Å². The Bertz CT molecular complexity index is 940. The van der Waals surface area contributed by atoms with Crippen LogP contribution in [-0.2, 0) is 7.05 Å². The van der Waals surface area contributed by atoms with Crippen LogP contribution in [0.4, 0.5) is 16.5 Å². The summed E-state index contributed by atoms with van der Waals surface area (Å²) in [6, 6.07) is 18.7. The third-order valence-corrected chi connectivity index (χ3v) is 5.79. The number of thiazole rings is 1. The summed E-state index contributed by atoms with van der Waals surface area (Å²) in [6.45, 7) is 5.33. The van der Waals surface area contributed by atoms with Crippen molar-refractivity contribution < 1.29 is 9.05 Å². The second-order valence-electron chi connectivity index (χ2n) is 8.14. The summed E-state index contributed by atoms with van der Waals surface area (Å²) in [7, 11) is 8.71. The Morgan fingerprint density at radius 3 is 2.28 bits per heavy atom. The van der Waals surface area contributed by atoms with Crippen molar-refractivity contribution in [2.24, 2.45) is 17.3 Å². The van der Waals surface area contributed by atoms with E-state index in [1.165, 1.54) is 11.3 Å². The predicted octanol–water partition coefficient (Wildman–Crippen LogP) is 5.19. The molecule has 29 heavy (non-hydrogen) atoms. The van der Waals surface area contributed by atoms with Gasteiger partial charge in [-0.1, -0.05) is 30.3 Å². The van der Waals surface area contributed by atoms with Crippen LogP contribution in [0.1, 0.15) is 6.92 Å². The third kappa shape index (κ3) is 5.71. The molecule has 3 aromatic rings. The van der Waals surface area contributed by atoms with Gasteiger partial charge in [-0.15, -0.1) is 0 Å². The van der Waals surface area contributed by atoms with Crippen LogP contribution in [0.2, 0.25) is 0 Å². The number of azo groups is 1. The lowest BCUT2D eigenvalue weighted by Gasteiger charge is -2.29. The van der Waals surface area contributed by atoms with Gasteiger partial charge in [0.05, 0.1) is 46.4 Å². The van der Waals surface area contributed by atoms with E-state index >= 15 is 0 Å². The van der Waals surface area contributed by atoms with Crippen molar-refractivity contribution in [1.29, 1.82) is 0 Å². The van der Waals surface area contributed by atoms with Gasteiger partial charge >= 0.3 is 5.13 Å². The SMILES string of the molecule is CCN(CC[N+](C)(C)C)c1ccc(/N=N/c2scc(-c3ccccc3)[n+]2C)cc1. The zero-order chi connectivity index (χ0) is 20.9. The van der Waals surface area contributed by atoms with Gasteiger partial charge in [0, 0.05) is 23.2 Å². The standard InChI is InChI=1S/C23H31N5S/c1-6-27(16-17-28(3,4)5)21-14-12-20(13-15-21)24-25-23-26(2)22(18-29-23)19-10-8-7-9-11-19/h7-15,18H,6,16-17H2,1-5H3/q+2. The number of hydrogen-bond donors (Lipinski definition) is 0. The smallest absolute Gasteiger partial charge is 0.366 e. The van der Waals surface area contributed by atoms with Crippen LogP contribution in [0.5, 0.6) is 0 Å². The van der Waals surface area contributed by atoms with E-state index in [9.17, 15) is 0 Å². The molecule has 0 unspecified atom stereocenters. The molecule has 0 saturated heterocycles. The number of rotatable bonds is 8. The predicted molar refractivity (Wildman–Crippen MR) is 122 cm³/mol. The molecule has 1 aromatic heterocycles. The topological polar surface area (TPSA) is 31.8 Å². The van der Waals surface area contributed by atoms with E-state index < -0.39 is 0 Å². The van der Waals surface area contributed by atoms with Gasteiger partial charge in [-0.2, -0.15) is 0 Å². The Kier molecular flexibility index (Phi) is 6.77. The fourth-order valence-corrected chi connectivity index (χ4v) is 3.91. The number of quaternary nitrogens is 1. The summed E-state index contributed by atoms with van der Waals surface area (Å²) in [4.78, 5) is 2.40. The summed E-state index contributed by atoms with van der Waals surface area (Å²) >= 11 is 1.60. The van der Waals surface area contributed by atoms with Crippen LogP contribution < -0.4 is 9.47 Å². The second-order valence-corrected chi connectivity index (χ2v) is 8.98. The monoisotopic (exact) mass is 409 g/mol. The highest BCUT2D eigenvalue weighted by atomic mass is 32.1. The molecule has 1 heterocycles. The zero-order valence-corrected chi connectivity index (χ0v) is 18.9. The summed E-state index contributed by atoms with van der Waals surface area (Å²) < 4.78 is 3.05. The van der Waals surface area contributed by atoms with Crippen LogP contribution in [0, 0.1) is 0 Å². The van der Waals surface area contributed by atoms with Crippen molar-refractivity contribution >= 4 is 27.8 Å². The lowest BCUT2D eigenvalue weighted by Crippen LogP contribution is -2.42. The molecule has 0 aliphatic rings. The van der Waals surface area contributed by atoms with Crippen molar-refractivity contribution in [3.8, 4) is 11.3 Å². The molecule has 0 fully saturated rings. The largest absolute Gasteiger partial charge is 0.408 e. The Morgan fingerprint density at radius 2 is 1.66 bits per heavy atom. The lowest BCUT2D eigenvalue weighted by molar-refractivity contribution is -0.868. The van der Waals surface area contributed by atoms with Gasteiger partial charge in [0.15, 0.2) is 0 Å². The Labute approximate surface area is 178 Å². The maximum atomic E-state index is 4.48. The minimum atomic E-state index is 0.867. The van der Waals surface area contributed by atoms with Crippen molar-refractivity contribution in [2.45, 2.75) is 6.92 Å². The molecule has 0 aliphatic heterocycles. The van der Waals surface area contributed by atoms with E-state index in [-0.39, 0.29) is 0 Å². The first-order valence-electron chi connectivity index (χ1n) is 9.97. The average molecular weight is 410 g/mol. The highest BCUT2D eigenvalue weighted by molar-refractivity contribution is 7.13. The van der Waals surface area contributed by atoms with Crippen molar-refractivity contribution in [2.75, 3.05) is 45.7 Å². The van der Waals surface area contributed by atoms with E-state index in [1.54, 1.807) is 11.3 Å². The van der Waals surface area contributed by atoms with E-state index in [2.05, 4.69) is 89.5 Å². The van der Waals surface area contributed by atoms with Gasteiger partial charge < -0.3 is 9.38 Å². The molecule has 0 N–H and O–H groups in total. The Morgan fingerprint density at radius 1 is 0.966 bits per heavy atom. The number of likely N-dealkylation sites (N-methyl/N-ethyl adjacent to an activating group) is 2. The zero-order valence-electron chi connectivity index (χ0n) is 18.0. The summed E-state index contributed by atoms with van der Waals surface area (Å²) in [5.74, 6) is 0. The minimum Gasteiger partial charge on any atom is -0.366 e.